The Hall–Kier alpha value is -1.86. The summed E-state index contributed by atoms with van der Waals surface area (Å²) in [5.74, 6) is 0. The van der Waals surface area contributed by atoms with Crippen LogP contribution in [0.3, 0.4) is 0 Å². The van der Waals surface area contributed by atoms with E-state index < -0.39 is 0 Å². The summed E-state index contributed by atoms with van der Waals surface area (Å²) < 4.78 is 0. The summed E-state index contributed by atoms with van der Waals surface area (Å²) in [4.78, 5) is 0. The van der Waals surface area contributed by atoms with Crippen LogP contribution >= 0.6 is 0 Å². The lowest BCUT2D eigenvalue weighted by Crippen LogP contribution is -2.39. The fourth-order valence-electron chi connectivity index (χ4n) is 4.42. The maximum Gasteiger partial charge on any atom is 0.0215 e. The zero-order valence-corrected chi connectivity index (χ0v) is 13.2. The van der Waals surface area contributed by atoms with E-state index >= 15 is 0 Å². The molecule has 1 spiro atoms. The van der Waals surface area contributed by atoms with E-state index in [1.165, 1.54) is 47.9 Å². The van der Waals surface area contributed by atoms with Crippen molar-refractivity contribution >= 4 is 12.2 Å². The van der Waals surface area contributed by atoms with Crippen molar-refractivity contribution in [2.75, 3.05) is 7.05 Å². The Bertz CT molecular complexity index is 654. The Morgan fingerprint density at radius 1 is 0.818 bits per heavy atom. The third-order valence-electron chi connectivity index (χ3n) is 5.64. The van der Waals surface area contributed by atoms with Gasteiger partial charge in [0.2, 0.25) is 0 Å². The molecule has 1 N–H and O–H groups in total. The molecule has 112 valence electrons. The number of rotatable bonds is 1. The quantitative estimate of drug-likeness (QED) is 0.808. The SMILES string of the molecule is CNC1CCC2(CC1)c1ccccc1C=Cc1ccccc12. The van der Waals surface area contributed by atoms with E-state index in [0.29, 0.717) is 6.04 Å². The molecule has 0 aromatic heterocycles. The van der Waals surface area contributed by atoms with Crippen LogP contribution < -0.4 is 5.32 Å². The van der Waals surface area contributed by atoms with Gasteiger partial charge in [0.25, 0.3) is 0 Å². The van der Waals surface area contributed by atoms with Crippen molar-refractivity contribution in [2.24, 2.45) is 0 Å². The van der Waals surface area contributed by atoms with Gasteiger partial charge in [0, 0.05) is 11.5 Å². The van der Waals surface area contributed by atoms with E-state index in [4.69, 9.17) is 0 Å². The lowest BCUT2D eigenvalue weighted by atomic mass is 9.63. The maximum absolute atomic E-state index is 3.47. The summed E-state index contributed by atoms with van der Waals surface area (Å²) >= 11 is 0. The van der Waals surface area contributed by atoms with Crippen molar-refractivity contribution in [3.05, 3.63) is 70.8 Å². The van der Waals surface area contributed by atoms with Gasteiger partial charge in [-0.2, -0.15) is 0 Å². The monoisotopic (exact) mass is 289 g/mol. The average Bonchev–Trinajstić information content (AvgIpc) is 2.73. The lowest BCUT2D eigenvalue weighted by molar-refractivity contribution is 0.292. The summed E-state index contributed by atoms with van der Waals surface area (Å²) in [5, 5.41) is 3.47. The molecule has 2 aromatic rings. The van der Waals surface area contributed by atoms with Gasteiger partial charge in [0.05, 0.1) is 0 Å². The number of hydrogen-bond acceptors (Lipinski definition) is 1. The molecule has 0 radical (unpaired) electrons. The Labute approximate surface area is 133 Å². The molecule has 1 saturated carbocycles. The largest absolute Gasteiger partial charge is 0.317 e. The Balaban J connectivity index is 1.91. The number of hydrogen-bond donors (Lipinski definition) is 1. The first-order valence-corrected chi connectivity index (χ1v) is 8.38. The molecule has 2 aliphatic carbocycles. The van der Waals surface area contributed by atoms with Crippen molar-refractivity contribution in [3.63, 3.8) is 0 Å². The summed E-state index contributed by atoms with van der Waals surface area (Å²) in [6, 6.07) is 18.6. The lowest BCUT2D eigenvalue weighted by Gasteiger charge is -2.42. The molecule has 0 unspecified atom stereocenters. The standard InChI is InChI=1S/C21H23N/c1-22-18-12-14-21(15-13-18)19-8-4-2-6-16(19)10-11-17-7-3-5-9-20(17)21/h2-11,18,22H,12-15H2,1H3. The summed E-state index contributed by atoms with van der Waals surface area (Å²) in [5.41, 5.74) is 6.00. The normalized spacial score (nSPS) is 19.5. The van der Waals surface area contributed by atoms with Gasteiger partial charge in [-0.05, 0) is 55.0 Å². The van der Waals surface area contributed by atoms with Crippen LogP contribution in [0, 0.1) is 0 Å². The second-order valence-electron chi connectivity index (χ2n) is 6.65. The second-order valence-corrected chi connectivity index (χ2v) is 6.65. The molecule has 0 atom stereocenters. The second kappa shape index (κ2) is 5.40. The smallest absolute Gasteiger partial charge is 0.0215 e. The molecular formula is C21H23N. The third-order valence-corrected chi connectivity index (χ3v) is 5.64. The third kappa shape index (κ3) is 2.04. The van der Waals surface area contributed by atoms with Crippen LogP contribution in [-0.4, -0.2) is 13.1 Å². The van der Waals surface area contributed by atoms with E-state index in [1.54, 1.807) is 0 Å². The minimum absolute atomic E-state index is 0.185. The van der Waals surface area contributed by atoms with Gasteiger partial charge in [0.1, 0.15) is 0 Å². The first kappa shape index (κ1) is 13.8. The fourth-order valence-corrected chi connectivity index (χ4v) is 4.42. The van der Waals surface area contributed by atoms with Crippen LogP contribution in [-0.2, 0) is 5.41 Å². The average molecular weight is 289 g/mol. The van der Waals surface area contributed by atoms with E-state index in [-0.39, 0.29) is 5.41 Å². The maximum atomic E-state index is 3.47. The molecule has 22 heavy (non-hydrogen) atoms. The highest BCUT2D eigenvalue weighted by molar-refractivity contribution is 5.77. The van der Waals surface area contributed by atoms with Crippen LogP contribution in [0.15, 0.2) is 48.5 Å². The van der Waals surface area contributed by atoms with Gasteiger partial charge >= 0.3 is 0 Å². The summed E-state index contributed by atoms with van der Waals surface area (Å²) in [6.45, 7) is 0. The zero-order valence-electron chi connectivity index (χ0n) is 13.2. The van der Waals surface area contributed by atoms with Crippen LogP contribution in [0.4, 0.5) is 0 Å². The topological polar surface area (TPSA) is 12.0 Å². The molecule has 0 bridgehead atoms. The number of benzene rings is 2. The highest BCUT2D eigenvalue weighted by Crippen LogP contribution is 2.48. The molecule has 1 fully saturated rings. The fraction of sp³-hybridized carbons (Fsp3) is 0.333. The van der Waals surface area contributed by atoms with Crippen molar-refractivity contribution in [1.29, 1.82) is 0 Å². The molecule has 0 saturated heterocycles. The zero-order chi connectivity index (χ0) is 15.0. The van der Waals surface area contributed by atoms with Crippen LogP contribution in [0.2, 0.25) is 0 Å². The molecule has 2 aliphatic rings. The van der Waals surface area contributed by atoms with Crippen LogP contribution in [0.1, 0.15) is 47.9 Å². The highest BCUT2D eigenvalue weighted by Gasteiger charge is 2.40. The predicted molar refractivity (Wildman–Crippen MR) is 93.9 cm³/mol. The van der Waals surface area contributed by atoms with Crippen molar-refractivity contribution in [3.8, 4) is 0 Å². The molecule has 0 aliphatic heterocycles. The van der Waals surface area contributed by atoms with E-state index in [9.17, 15) is 0 Å². The minimum atomic E-state index is 0.185. The van der Waals surface area contributed by atoms with E-state index in [2.05, 4.69) is 73.0 Å². The van der Waals surface area contributed by atoms with E-state index in [1.807, 2.05) is 0 Å². The molecular weight excluding hydrogens is 266 g/mol. The Morgan fingerprint density at radius 3 is 1.82 bits per heavy atom. The first-order valence-electron chi connectivity index (χ1n) is 8.38. The minimum Gasteiger partial charge on any atom is -0.317 e. The molecule has 0 amide bonds. The van der Waals surface area contributed by atoms with Gasteiger partial charge in [-0.25, -0.2) is 0 Å². The number of fused-ring (bicyclic) bond motifs is 4. The van der Waals surface area contributed by atoms with Gasteiger partial charge in [-0.3, -0.25) is 0 Å². The van der Waals surface area contributed by atoms with Crippen molar-refractivity contribution in [1.82, 2.24) is 5.32 Å². The summed E-state index contributed by atoms with van der Waals surface area (Å²) in [7, 11) is 2.10. The van der Waals surface area contributed by atoms with Crippen LogP contribution in [0.25, 0.3) is 12.2 Å². The highest BCUT2D eigenvalue weighted by atomic mass is 14.9. The first-order chi connectivity index (χ1) is 10.8. The van der Waals surface area contributed by atoms with Crippen molar-refractivity contribution < 1.29 is 0 Å². The van der Waals surface area contributed by atoms with Gasteiger partial charge < -0.3 is 5.32 Å². The number of nitrogens with one attached hydrogen (secondary N) is 1. The molecule has 4 rings (SSSR count). The molecule has 1 heteroatoms. The molecule has 1 nitrogen and oxygen atoms in total. The van der Waals surface area contributed by atoms with Gasteiger partial charge in [0.15, 0.2) is 0 Å². The van der Waals surface area contributed by atoms with Crippen LogP contribution in [0.5, 0.6) is 0 Å². The Morgan fingerprint density at radius 2 is 1.32 bits per heavy atom. The van der Waals surface area contributed by atoms with Crippen molar-refractivity contribution in [2.45, 2.75) is 37.1 Å². The summed E-state index contributed by atoms with van der Waals surface area (Å²) in [6.07, 6.45) is 9.56. The predicted octanol–water partition coefficient (Wildman–Crippen LogP) is 4.62. The van der Waals surface area contributed by atoms with Gasteiger partial charge in [-0.1, -0.05) is 60.7 Å². The van der Waals surface area contributed by atoms with Gasteiger partial charge in [-0.15, -0.1) is 0 Å². The Kier molecular flexibility index (Phi) is 3.38. The van der Waals surface area contributed by atoms with E-state index in [0.717, 1.165) is 0 Å². The molecule has 0 heterocycles. The molecule has 2 aromatic carbocycles.